The molecule has 0 aromatic heterocycles. The second-order valence-electron chi connectivity index (χ2n) is 3.99. The molecule has 0 aliphatic carbocycles. The van der Waals surface area contributed by atoms with E-state index in [-0.39, 0.29) is 22.4 Å². The first-order valence-corrected chi connectivity index (χ1v) is 5.54. The molecular formula is C11H12ClNO5. The Balaban J connectivity index is 3.12. The second-order valence-corrected chi connectivity index (χ2v) is 4.43. The van der Waals surface area contributed by atoms with Crippen LogP contribution in [0.4, 0.5) is 5.69 Å². The topological polar surface area (TPSA) is 89.7 Å². The summed E-state index contributed by atoms with van der Waals surface area (Å²) in [5.41, 5.74) is -0.314. The van der Waals surface area contributed by atoms with E-state index in [2.05, 4.69) is 0 Å². The molecule has 18 heavy (non-hydrogen) atoms. The smallest absolute Gasteiger partial charge is 0.345 e. The lowest BCUT2D eigenvalue weighted by atomic mass is 10.1. The summed E-state index contributed by atoms with van der Waals surface area (Å²) >= 11 is 5.71. The lowest BCUT2D eigenvalue weighted by Crippen LogP contribution is -2.32. The van der Waals surface area contributed by atoms with Crippen molar-refractivity contribution in [1.82, 2.24) is 0 Å². The fourth-order valence-corrected chi connectivity index (χ4v) is 1.50. The molecule has 0 aliphatic rings. The largest absolute Gasteiger partial charge is 0.478 e. The van der Waals surface area contributed by atoms with Crippen LogP contribution in [0.1, 0.15) is 13.8 Å². The summed E-state index contributed by atoms with van der Waals surface area (Å²) in [6.45, 7) is 3.30. The van der Waals surface area contributed by atoms with Crippen molar-refractivity contribution in [3.05, 3.63) is 33.3 Å². The number of rotatable bonds is 5. The maximum Gasteiger partial charge on any atom is 0.345 e. The number of ether oxygens (including phenoxy) is 1. The molecule has 0 saturated carbocycles. The quantitative estimate of drug-likeness (QED) is 0.658. The van der Waals surface area contributed by atoms with Crippen LogP contribution >= 0.6 is 11.6 Å². The van der Waals surface area contributed by atoms with Gasteiger partial charge in [-0.2, -0.15) is 0 Å². The van der Waals surface area contributed by atoms with E-state index in [0.29, 0.717) is 0 Å². The molecule has 1 aromatic rings. The number of benzene rings is 1. The average Bonchev–Trinajstić information content (AvgIpc) is 2.24. The van der Waals surface area contributed by atoms with Gasteiger partial charge in [-0.15, -0.1) is 0 Å². The van der Waals surface area contributed by atoms with Crippen molar-refractivity contribution in [2.24, 2.45) is 5.92 Å². The molecule has 1 N–H and O–H groups in total. The monoisotopic (exact) mass is 273 g/mol. The number of nitro groups is 1. The van der Waals surface area contributed by atoms with Crippen LogP contribution in [-0.4, -0.2) is 22.1 Å². The number of hydrogen-bond donors (Lipinski definition) is 1. The Hall–Kier alpha value is -1.82. The standard InChI is InChI=1S/C11H12ClNO5/c1-6(2)10(11(14)15)18-9-5-7(12)3-4-8(9)13(16)17/h3-6,10H,1-2H3,(H,14,15). The van der Waals surface area contributed by atoms with Gasteiger partial charge in [0.2, 0.25) is 0 Å². The highest BCUT2D eigenvalue weighted by Gasteiger charge is 2.27. The van der Waals surface area contributed by atoms with Gasteiger partial charge in [0.1, 0.15) is 0 Å². The molecule has 0 bridgehead atoms. The number of nitrogens with zero attached hydrogens (tertiary/aromatic N) is 1. The van der Waals surface area contributed by atoms with Gasteiger partial charge < -0.3 is 9.84 Å². The third-order valence-corrected chi connectivity index (χ3v) is 2.46. The molecule has 0 fully saturated rings. The molecule has 0 radical (unpaired) electrons. The molecular weight excluding hydrogens is 262 g/mol. The summed E-state index contributed by atoms with van der Waals surface area (Å²) < 4.78 is 5.18. The van der Waals surface area contributed by atoms with Gasteiger partial charge in [0.15, 0.2) is 11.9 Å². The molecule has 0 saturated heterocycles. The first-order chi connectivity index (χ1) is 8.32. The fourth-order valence-electron chi connectivity index (χ4n) is 1.34. The first-order valence-electron chi connectivity index (χ1n) is 5.16. The van der Waals surface area contributed by atoms with Crippen LogP contribution in [-0.2, 0) is 4.79 Å². The lowest BCUT2D eigenvalue weighted by Gasteiger charge is -2.18. The van der Waals surface area contributed by atoms with Gasteiger partial charge in [0.25, 0.3) is 0 Å². The van der Waals surface area contributed by atoms with Gasteiger partial charge in [-0.05, 0) is 6.07 Å². The maximum absolute atomic E-state index is 11.0. The fraction of sp³-hybridized carbons (Fsp3) is 0.364. The molecule has 0 aliphatic heterocycles. The van der Waals surface area contributed by atoms with E-state index in [1.807, 2.05) is 0 Å². The van der Waals surface area contributed by atoms with Crippen LogP contribution < -0.4 is 4.74 Å². The first kappa shape index (κ1) is 14.2. The van der Waals surface area contributed by atoms with E-state index < -0.39 is 17.0 Å². The Kier molecular flexibility index (Phi) is 4.49. The minimum absolute atomic E-state index is 0.145. The highest BCUT2D eigenvalue weighted by molar-refractivity contribution is 6.30. The molecule has 6 nitrogen and oxygen atoms in total. The predicted octanol–water partition coefficient (Wildman–Crippen LogP) is 2.74. The molecule has 0 spiro atoms. The Labute approximate surface area is 108 Å². The number of carbonyl (C=O) groups is 1. The maximum atomic E-state index is 11.0. The highest BCUT2D eigenvalue weighted by atomic mass is 35.5. The van der Waals surface area contributed by atoms with Crippen LogP contribution in [0, 0.1) is 16.0 Å². The van der Waals surface area contributed by atoms with Gasteiger partial charge in [0, 0.05) is 23.1 Å². The van der Waals surface area contributed by atoms with Gasteiger partial charge in [0.05, 0.1) is 4.92 Å². The van der Waals surface area contributed by atoms with Crippen molar-refractivity contribution in [1.29, 1.82) is 0 Å². The molecule has 0 amide bonds. The SMILES string of the molecule is CC(C)C(Oc1cc(Cl)ccc1[N+](=O)[O-])C(=O)O. The summed E-state index contributed by atoms with van der Waals surface area (Å²) in [7, 11) is 0. The number of carboxylic acids is 1. The molecule has 7 heteroatoms. The Morgan fingerprint density at radius 1 is 1.50 bits per heavy atom. The van der Waals surface area contributed by atoms with Crippen molar-refractivity contribution in [3.8, 4) is 5.75 Å². The van der Waals surface area contributed by atoms with Crippen molar-refractivity contribution in [3.63, 3.8) is 0 Å². The average molecular weight is 274 g/mol. The van der Waals surface area contributed by atoms with Crippen molar-refractivity contribution in [2.45, 2.75) is 20.0 Å². The predicted molar refractivity (Wildman–Crippen MR) is 65.0 cm³/mol. The van der Waals surface area contributed by atoms with E-state index in [9.17, 15) is 14.9 Å². The van der Waals surface area contributed by atoms with Crippen molar-refractivity contribution >= 4 is 23.3 Å². The summed E-state index contributed by atoms with van der Waals surface area (Å²) in [6, 6.07) is 3.76. The molecule has 0 heterocycles. The molecule has 1 unspecified atom stereocenters. The number of carboxylic acid groups (broad SMARTS) is 1. The highest BCUT2D eigenvalue weighted by Crippen LogP contribution is 2.31. The van der Waals surface area contributed by atoms with Crippen LogP contribution in [0.15, 0.2) is 18.2 Å². The van der Waals surface area contributed by atoms with Crippen LogP contribution in [0.5, 0.6) is 5.75 Å². The summed E-state index contributed by atoms with van der Waals surface area (Å²) in [5.74, 6) is -1.66. The van der Waals surface area contributed by atoms with E-state index in [1.54, 1.807) is 13.8 Å². The number of hydrogen-bond acceptors (Lipinski definition) is 4. The van der Waals surface area contributed by atoms with Crippen LogP contribution in [0.25, 0.3) is 0 Å². The number of aliphatic carboxylic acids is 1. The van der Waals surface area contributed by atoms with E-state index >= 15 is 0 Å². The Morgan fingerprint density at radius 2 is 2.11 bits per heavy atom. The van der Waals surface area contributed by atoms with Gasteiger partial charge in [-0.3, -0.25) is 10.1 Å². The van der Waals surface area contributed by atoms with E-state index in [1.165, 1.54) is 18.2 Å². The molecule has 98 valence electrons. The van der Waals surface area contributed by atoms with Gasteiger partial charge in [-0.1, -0.05) is 25.4 Å². The zero-order valence-electron chi connectivity index (χ0n) is 9.79. The molecule has 1 atom stereocenters. The van der Waals surface area contributed by atoms with Crippen molar-refractivity contribution < 1.29 is 19.6 Å². The number of nitro benzene ring substituents is 1. The number of halogens is 1. The van der Waals surface area contributed by atoms with Crippen LogP contribution in [0.2, 0.25) is 5.02 Å². The van der Waals surface area contributed by atoms with Crippen molar-refractivity contribution in [2.75, 3.05) is 0 Å². The zero-order chi connectivity index (χ0) is 13.9. The zero-order valence-corrected chi connectivity index (χ0v) is 10.5. The minimum Gasteiger partial charge on any atom is -0.478 e. The molecule has 1 aromatic carbocycles. The van der Waals surface area contributed by atoms with E-state index in [0.717, 1.165) is 0 Å². The summed E-state index contributed by atoms with van der Waals surface area (Å²) in [6.07, 6.45) is -1.16. The second kappa shape index (κ2) is 5.68. The van der Waals surface area contributed by atoms with Gasteiger partial charge >= 0.3 is 11.7 Å². The lowest BCUT2D eigenvalue weighted by molar-refractivity contribution is -0.386. The minimum atomic E-state index is -1.18. The van der Waals surface area contributed by atoms with E-state index in [4.69, 9.17) is 21.4 Å². The summed E-state index contributed by atoms with van der Waals surface area (Å²) in [5, 5.41) is 20.0. The van der Waals surface area contributed by atoms with Gasteiger partial charge in [-0.25, -0.2) is 4.79 Å². The van der Waals surface area contributed by atoms with Crippen LogP contribution in [0.3, 0.4) is 0 Å². The Morgan fingerprint density at radius 3 is 2.56 bits per heavy atom. The molecule has 1 rings (SSSR count). The normalized spacial score (nSPS) is 12.2. The summed E-state index contributed by atoms with van der Waals surface area (Å²) in [4.78, 5) is 21.1. The third kappa shape index (κ3) is 3.33. The Bertz CT molecular complexity index is 475. The third-order valence-electron chi connectivity index (χ3n) is 2.22.